The molecule has 2 aliphatic heterocycles. The van der Waals surface area contributed by atoms with Crippen molar-refractivity contribution in [1.29, 1.82) is 0 Å². The van der Waals surface area contributed by atoms with Crippen LogP contribution in [0.2, 0.25) is 0 Å². The van der Waals surface area contributed by atoms with E-state index in [1.54, 1.807) is 0 Å². The van der Waals surface area contributed by atoms with Gasteiger partial charge in [0.2, 0.25) is 5.91 Å². The van der Waals surface area contributed by atoms with Crippen LogP contribution in [0.5, 0.6) is 0 Å². The van der Waals surface area contributed by atoms with Crippen molar-refractivity contribution in [3.05, 3.63) is 0 Å². The Balaban J connectivity index is 1.86. The molecule has 1 amide bonds. The predicted octanol–water partition coefficient (Wildman–Crippen LogP) is 0.662. The Morgan fingerprint density at radius 2 is 2.16 bits per heavy atom. The fourth-order valence-electron chi connectivity index (χ4n) is 3.56. The summed E-state index contributed by atoms with van der Waals surface area (Å²) in [5.41, 5.74) is 0. The lowest BCUT2D eigenvalue weighted by Crippen LogP contribution is -2.50. The molecule has 7 nitrogen and oxygen atoms in total. The molecule has 0 bridgehead atoms. The number of hydrogen-bond donors (Lipinski definition) is 2. The minimum atomic E-state index is 0.237. The van der Waals surface area contributed by atoms with Crippen LogP contribution in [-0.4, -0.2) is 85.7 Å². The zero-order valence-corrected chi connectivity index (χ0v) is 16.3. The van der Waals surface area contributed by atoms with Crippen molar-refractivity contribution in [3.8, 4) is 0 Å². The summed E-state index contributed by atoms with van der Waals surface area (Å²) in [6.45, 7) is 14.2. The van der Waals surface area contributed by atoms with E-state index in [4.69, 9.17) is 9.73 Å². The quantitative estimate of drug-likeness (QED) is 0.542. The van der Waals surface area contributed by atoms with Gasteiger partial charge in [-0.1, -0.05) is 6.92 Å². The van der Waals surface area contributed by atoms with Crippen molar-refractivity contribution in [1.82, 2.24) is 20.4 Å². The Labute approximate surface area is 152 Å². The van der Waals surface area contributed by atoms with E-state index in [0.29, 0.717) is 18.5 Å². The van der Waals surface area contributed by atoms with Gasteiger partial charge < -0.3 is 20.3 Å². The summed E-state index contributed by atoms with van der Waals surface area (Å²) in [5.74, 6) is 1.09. The normalized spacial score (nSPS) is 26.6. The molecule has 25 heavy (non-hydrogen) atoms. The lowest BCUT2D eigenvalue weighted by Gasteiger charge is -2.37. The van der Waals surface area contributed by atoms with Gasteiger partial charge in [-0.2, -0.15) is 0 Å². The van der Waals surface area contributed by atoms with Crippen LogP contribution in [0.3, 0.4) is 0 Å². The second-order valence-electron chi connectivity index (χ2n) is 7.05. The maximum Gasteiger partial charge on any atom is 0.222 e. The van der Waals surface area contributed by atoms with E-state index in [2.05, 4.69) is 36.3 Å². The number of nitrogens with zero attached hydrogens (tertiary/aromatic N) is 3. The molecule has 2 aliphatic rings. The second kappa shape index (κ2) is 9.97. The molecule has 0 saturated carbocycles. The molecule has 2 heterocycles. The molecule has 0 aromatic heterocycles. The van der Waals surface area contributed by atoms with Crippen molar-refractivity contribution in [2.75, 3.05) is 45.9 Å². The monoisotopic (exact) mass is 353 g/mol. The molecular formula is C18H35N5O2. The van der Waals surface area contributed by atoms with Crippen molar-refractivity contribution in [2.24, 2.45) is 4.99 Å². The zero-order valence-electron chi connectivity index (χ0n) is 16.3. The van der Waals surface area contributed by atoms with Gasteiger partial charge in [-0.05, 0) is 27.2 Å². The number of nitrogens with one attached hydrogen (secondary N) is 2. The zero-order chi connectivity index (χ0) is 18.2. The average molecular weight is 354 g/mol. The van der Waals surface area contributed by atoms with Crippen LogP contribution in [0.15, 0.2) is 4.99 Å². The molecule has 2 N–H and O–H groups in total. The number of rotatable bonds is 6. The van der Waals surface area contributed by atoms with Crippen LogP contribution >= 0.6 is 0 Å². The summed E-state index contributed by atoms with van der Waals surface area (Å²) in [6, 6.07) is 1.11. The number of likely N-dealkylation sites (tertiary alicyclic amines) is 1. The fourth-order valence-corrected chi connectivity index (χ4v) is 3.56. The first-order valence-electron chi connectivity index (χ1n) is 9.71. The first-order chi connectivity index (χ1) is 12.0. The third-order valence-electron chi connectivity index (χ3n) is 5.03. The lowest BCUT2D eigenvalue weighted by atomic mass is 10.2. The molecule has 2 rings (SSSR count). The van der Waals surface area contributed by atoms with Crippen LogP contribution in [0, 0.1) is 0 Å². The average Bonchev–Trinajstić information content (AvgIpc) is 3.08. The Bertz CT molecular complexity index is 457. The Morgan fingerprint density at radius 3 is 2.84 bits per heavy atom. The maximum atomic E-state index is 11.8. The molecule has 3 atom stereocenters. The second-order valence-corrected chi connectivity index (χ2v) is 7.05. The van der Waals surface area contributed by atoms with Crippen molar-refractivity contribution in [3.63, 3.8) is 0 Å². The van der Waals surface area contributed by atoms with Crippen LogP contribution in [-0.2, 0) is 9.53 Å². The molecule has 0 radical (unpaired) electrons. The van der Waals surface area contributed by atoms with Gasteiger partial charge in [0, 0.05) is 50.7 Å². The molecule has 0 aliphatic carbocycles. The number of ether oxygens (including phenoxy) is 1. The SMILES string of the molecule is CCNC(=NCC(C)N1CCOCC1C)NC1CCN(C(=O)CC)C1. The van der Waals surface area contributed by atoms with Gasteiger partial charge in [0.05, 0.1) is 19.8 Å². The number of carbonyl (C=O) groups is 1. The van der Waals surface area contributed by atoms with E-state index in [0.717, 1.165) is 58.3 Å². The minimum Gasteiger partial charge on any atom is -0.379 e. The summed E-state index contributed by atoms with van der Waals surface area (Å²) >= 11 is 0. The molecule has 7 heteroatoms. The highest BCUT2D eigenvalue weighted by atomic mass is 16.5. The third kappa shape index (κ3) is 5.85. The van der Waals surface area contributed by atoms with Gasteiger partial charge in [-0.25, -0.2) is 0 Å². The van der Waals surface area contributed by atoms with Crippen LogP contribution in [0.25, 0.3) is 0 Å². The standard InChI is InChI=1S/C18H35N5O2/c1-5-17(24)22-8-7-16(12-22)21-18(19-6-2)20-11-14(3)23-9-10-25-13-15(23)4/h14-16H,5-13H2,1-4H3,(H2,19,20,21). The number of aliphatic imine (C=N–C) groups is 1. The van der Waals surface area contributed by atoms with Gasteiger partial charge in [0.1, 0.15) is 0 Å². The van der Waals surface area contributed by atoms with Crippen LogP contribution in [0.1, 0.15) is 40.5 Å². The third-order valence-corrected chi connectivity index (χ3v) is 5.03. The molecule has 3 unspecified atom stereocenters. The molecule has 0 spiro atoms. The van der Waals surface area contributed by atoms with Gasteiger partial charge >= 0.3 is 0 Å². The van der Waals surface area contributed by atoms with E-state index >= 15 is 0 Å². The Kier molecular flexibility index (Phi) is 7.96. The number of guanidine groups is 1. The smallest absolute Gasteiger partial charge is 0.222 e. The summed E-state index contributed by atoms with van der Waals surface area (Å²) in [4.78, 5) is 21.0. The maximum absolute atomic E-state index is 11.8. The Morgan fingerprint density at radius 1 is 1.36 bits per heavy atom. The number of hydrogen-bond acceptors (Lipinski definition) is 4. The van der Waals surface area contributed by atoms with E-state index in [1.807, 2.05) is 11.8 Å². The van der Waals surface area contributed by atoms with Crippen molar-refractivity contribution < 1.29 is 9.53 Å². The van der Waals surface area contributed by atoms with E-state index in [9.17, 15) is 4.79 Å². The van der Waals surface area contributed by atoms with Crippen LogP contribution < -0.4 is 10.6 Å². The fraction of sp³-hybridized carbons (Fsp3) is 0.889. The van der Waals surface area contributed by atoms with E-state index in [-0.39, 0.29) is 11.9 Å². The number of amides is 1. The van der Waals surface area contributed by atoms with Gasteiger partial charge in [-0.3, -0.25) is 14.7 Å². The van der Waals surface area contributed by atoms with Gasteiger partial charge in [0.15, 0.2) is 5.96 Å². The highest BCUT2D eigenvalue weighted by Crippen LogP contribution is 2.12. The van der Waals surface area contributed by atoms with E-state index in [1.165, 1.54) is 0 Å². The molecule has 0 aromatic carbocycles. The summed E-state index contributed by atoms with van der Waals surface area (Å²) < 4.78 is 5.52. The van der Waals surface area contributed by atoms with E-state index < -0.39 is 0 Å². The predicted molar refractivity (Wildman–Crippen MR) is 101 cm³/mol. The number of morpholine rings is 1. The topological polar surface area (TPSA) is 69.2 Å². The van der Waals surface area contributed by atoms with Crippen molar-refractivity contribution >= 4 is 11.9 Å². The first-order valence-corrected chi connectivity index (χ1v) is 9.71. The molecule has 2 saturated heterocycles. The van der Waals surface area contributed by atoms with Gasteiger partial charge in [-0.15, -0.1) is 0 Å². The highest BCUT2D eigenvalue weighted by molar-refractivity contribution is 5.80. The Hall–Kier alpha value is -1.34. The molecular weight excluding hydrogens is 318 g/mol. The molecule has 144 valence electrons. The summed E-state index contributed by atoms with van der Waals surface area (Å²) in [7, 11) is 0. The highest BCUT2D eigenvalue weighted by Gasteiger charge is 2.26. The number of carbonyl (C=O) groups excluding carboxylic acids is 1. The summed E-state index contributed by atoms with van der Waals surface area (Å²) in [5, 5.41) is 6.83. The van der Waals surface area contributed by atoms with Crippen LogP contribution in [0.4, 0.5) is 0 Å². The summed E-state index contributed by atoms with van der Waals surface area (Å²) in [6.07, 6.45) is 1.56. The van der Waals surface area contributed by atoms with Gasteiger partial charge in [0.25, 0.3) is 0 Å². The van der Waals surface area contributed by atoms with Crippen molar-refractivity contribution in [2.45, 2.75) is 58.7 Å². The minimum absolute atomic E-state index is 0.237. The molecule has 0 aromatic rings. The first kappa shape index (κ1) is 20.0. The lowest BCUT2D eigenvalue weighted by molar-refractivity contribution is -0.129. The molecule has 2 fully saturated rings. The largest absolute Gasteiger partial charge is 0.379 e.